The third-order valence-electron chi connectivity index (χ3n) is 4.25. The fourth-order valence-electron chi connectivity index (χ4n) is 2.88. The van der Waals surface area contributed by atoms with Gasteiger partial charge in [0.25, 0.3) is 5.91 Å². The van der Waals surface area contributed by atoms with Crippen molar-refractivity contribution in [3.8, 4) is 0 Å². The number of hydrogen-bond donors (Lipinski definition) is 2. The Hall–Kier alpha value is -3.21. The smallest absolute Gasteiger partial charge is 0.270 e. The number of amides is 1. The molecule has 0 atom stereocenters. The van der Waals surface area contributed by atoms with Crippen LogP contribution in [0.5, 0.6) is 0 Å². The number of nitrogens with one attached hydrogen (secondary N) is 2. The molecule has 0 bridgehead atoms. The molecular formula is C22H24N4O. The van der Waals surface area contributed by atoms with Crippen molar-refractivity contribution < 1.29 is 4.79 Å². The minimum absolute atomic E-state index is 0.223. The number of aryl methyl sites for hydroxylation is 1. The molecule has 2 N–H and O–H groups in total. The molecule has 1 heterocycles. The third-order valence-corrected chi connectivity index (χ3v) is 4.25. The largest absolute Gasteiger partial charge is 0.347 e. The molecule has 0 saturated heterocycles. The number of benzene rings is 2. The SMILES string of the molecule is Cc1cccc(CNC(=O)c2ccnc(Nc3ccccc3C(C)C)n2)c1. The van der Waals surface area contributed by atoms with Gasteiger partial charge in [-0.25, -0.2) is 9.97 Å². The molecule has 5 nitrogen and oxygen atoms in total. The fraction of sp³-hybridized carbons (Fsp3) is 0.227. The van der Waals surface area contributed by atoms with Gasteiger partial charge >= 0.3 is 0 Å². The number of carbonyl (C=O) groups is 1. The maximum Gasteiger partial charge on any atom is 0.270 e. The zero-order chi connectivity index (χ0) is 19.2. The first kappa shape index (κ1) is 18.6. The Labute approximate surface area is 159 Å². The Balaban J connectivity index is 1.71. The third kappa shape index (κ3) is 4.91. The van der Waals surface area contributed by atoms with Gasteiger partial charge in [0.05, 0.1) is 0 Å². The van der Waals surface area contributed by atoms with E-state index < -0.39 is 0 Å². The van der Waals surface area contributed by atoms with E-state index >= 15 is 0 Å². The summed E-state index contributed by atoms with van der Waals surface area (Å²) in [6.07, 6.45) is 1.59. The van der Waals surface area contributed by atoms with E-state index in [9.17, 15) is 4.79 Å². The number of para-hydroxylation sites is 1. The van der Waals surface area contributed by atoms with Gasteiger partial charge in [0.2, 0.25) is 5.95 Å². The molecule has 0 aliphatic carbocycles. The molecule has 0 radical (unpaired) electrons. The average Bonchev–Trinajstić information content (AvgIpc) is 2.66. The van der Waals surface area contributed by atoms with Gasteiger partial charge in [-0.3, -0.25) is 4.79 Å². The summed E-state index contributed by atoms with van der Waals surface area (Å²) >= 11 is 0. The lowest BCUT2D eigenvalue weighted by molar-refractivity contribution is 0.0946. The van der Waals surface area contributed by atoms with E-state index in [4.69, 9.17) is 0 Å². The highest BCUT2D eigenvalue weighted by atomic mass is 16.1. The lowest BCUT2D eigenvalue weighted by atomic mass is 10.0. The Morgan fingerprint density at radius 3 is 2.67 bits per heavy atom. The molecule has 3 rings (SSSR count). The number of anilines is 2. The number of hydrogen-bond acceptors (Lipinski definition) is 4. The van der Waals surface area contributed by atoms with Gasteiger partial charge in [-0.15, -0.1) is 0 Å². The molecule has 27 heavy (non-hydrogen) atoms. The summed E-state index contributed by atoms with van der Waals surface area (Å²) in [6, 6.07) is 17.7. The van der Waals surface area contributed by atoms with Crippen molar-refractivity contribution in [2.24, 2.45) is 0 Å². The maximum absolute atomic E-state index is 12.5. The summed E-state index contributed by atoms with van der Waals surface area (Å²) in [4.78, 5) is 21.1. The highest BCUT2D eigenvalue weighted by Gasteiger charge is 2.11. The lowest BCUT2D eigenvalue weighted by Crippen LogP contribution is -2.24. The van der Waals surface area contributed by atoms with Crippen LogP contribution in [0.2, 0.25) is 0 Å². The first-order valence-corrected chi connectivity index (χ1v) is 9.05. The van der Waals surface area contributed by atoms with E-state index in [1.54, 1.807) is 12.3 Å². The van der Waals surface area contributed by atoms with Gasteiger partial charge in [0.15, 0.2) is 0 Å². The molecule has 138 valence electrons. The predicted molar refractivity (Wildman–Crippen MR) is 108 cm³/mol. The van der Waals surface area contributed by atoms with E-state index in [1.165, 1.54) is 11.1 Å². The Morgan fingerprint density at radius 2 is 1.89 bits per heavy atom. The standard InChI is InChI=1S/C22H24N4O/c1-15(2)18-9-4-5-10-19(18)25-22-23-12-11-20(26-22)21(27)24-14-17-8-6-7-16(3)13-17/h4-13,15H,14H2,1-3H3,(H,24,27)(H,23,25,26). The number of nitrogens with zero attached hydrogens (tertiary/aromatic N) is 2. The summed E-state index contributed by atoms with van der Waals surface area (Å²) in [5.74, 6) is 0.555. The summed E-state index contributed by atoms with van der Waals surface area (Å²) < 4.78 is 0. The van der Waals surface area contributed by atoms with E-state index in [-0.39, 0.29) is 5.91 Å². The Bertz CT molecular complexity index is 937. The van der Waals surface area contributed by atoms with Gasteiger partial charge in [-0.1, -0.05) is 61.9 Å². The van der Waals surface area contributed by atoms with Gasteiger partial charge in [0, 0.05) is 18.4 Å². The zero-order valence-corrected chi connectivity index (χ0v) is 15.9. The van der Waals surface area contributed by atoms with Gasteiger partial charge in [-0.05, 0) is 36.1 Å². The quantitative estimate of drug-likeness (QED) is 0.675. The van der Waals surface area contributed by atoms with Crippen LogP contribution < -0.4 is 10.6 Å². The summed E-state index contributed by atoms with van der Waals surface area (Å²) in [6.45, 7) is 6.76. The zero-order valence-electron chi connectivity index (χ0n) is 15.9. The second kappa shape index (κ2) is 8.45. The minimum Gasteiger partial charge on any atom is -0.347 e. The molecule has 1 aromatic heterocycles. The monoisotopic (exact) mass is 360 g/mol. The second-order valence-corrected chi connectivity index (χ2v) is 6.80. The van der Waals surface area contributed by atoms with Crippen LogP contribution in [0.4, 0.5) is 11.6 Å². The van der Waals surface area contributed by atoms with Crippen molar-refractivity contribution in [2.45, 2.75) is 33.2 Å². The molecule has 5 heteroatoms. The Kier molecular flexibility index (Phi) is 5.81. The molecule has 3 aromatic rings. The van der Waals surface area contributed by atoms with Crippen LogP contribution in [0.1, 0.15) is 46.9 Å². The van der Waals surface area contributed by atoms with Crippen molar-refractivity contribution in [1.29, 1.82) is 0 Å². The van der Waals surface area contributed by atoms with Gasteiger partial charge < -0.3 is 10.6 Å². The highest BCUT2D eigenvalue weighted by molar-refractivity contribution is 5.92. The van der Waals surface area contributed by atoms with Crippen molar-refractivity contribution >= 4 is 17.5 Å². The first-order valence-electron chi connectivity index (χ1n) is 9.05. The highest BCUT2D eigenvalue weighted by Crippen LogP contribution is 2.25. The number of carbonyl (C=O) groups excluding carboxylic acids is 1. The molecule has 0 saturated carbocycles. The molecule has 1 amide bonds. The predicted octanol–water partition coefficient (Wildman–Crippen LogP) is 4.58. The minimum atomic E-state index is -0.223. The molecule has 0 fully saturated rings. The maximum atomic E-state index is 12.5. The Morgan fingerprint density at radius 1 is 1.07 bits per heavy atom. The summed E-state index contributed by atoms with van der Waals surface area (Å²) in [5, 5.41) is 6.13. The van der Waals surface area contributed by atoms with Crippen LogP contribution in [0.25, 0.3) is 0 Å². The average molecular weight is 360 g/mol. The first-order chi connectivity index (χ1) is 13.0. The molecular weight excluding hydrogens is 336 g/mol. The normalized spacial score (nSPS) is 10.7. The van der Waals surface area contributed by atoms with Crippen molar-refractivity contribution in [3.63, 3.8) is 0 Å². The van der Waals surface area contributed by atoms with Crippen LogP contribution in [-0.4, -0.2) is 15.9 Å². The van der Waals surface area contributed by atoms with Gasteiger partial charge in [0.1, 0.15) is 5.69 Å². The van der Waals surface area contributed by atoms with Gasteiger partial charge in [-0.2, -0.15) is 0 Å². The number of rotatable bonds is 6. The van der Waals surface area contributed by atoms with Crippen LogP contribution in [0, 0.1) is 6.92 Å². The van der Waals surface area contributed by atoms with Crippen molar-refractivity contribution in [1.82, 2.24) is 15.3 Å². The molecule has 0 spiro atoms. The molecule has 0 unspecified atom stereocenters. The number of aromatic nitrogens is 2. The van der Waals surface area contributed by atoms with Crippen molar-refractivity contribution in [2.75, 3.05) is 5.32 Å². The summed E-state index contributed by atoms with van der Waals surface area (Å²) in [5.41, 5.74) is 4.68. The molecule has 0 aliphatic rings. The lowest BCUT2D eigenvalue weighted by Gasteiger charge is -2.13. The summed E-state index contributed by atoms with van der Waals surface area (Å²) in [7, 11) is 0. The van der Waals surface area contributed by atoms with Crippen LogP contribution >= 0.6 is 0 Å². The van der Waals surface area contributed by atoms with Crippen LogP contribution in [0.3, 0.4) is 0 Å². The van der Waals surface area contributed by atoms with Crippen molar-refractivity contribution in [3.05, 3.63) is 83.2 Å². The fourth-order valence-corrected chi connectivity index (χ4v) is 2.88. The van der Waals surface area contributed by atoms with Crippen LogP contribution in [-0.2, 0) is 6.54 Å². The molecule has 2 aromatic carbocycles. The van der Waals surface area contributed by atoms with Crippen LogP contribution in [0.15, 0.2) is 60.8 Å². The van der Waals surface area contributed by atoms with E-state index in [0.717, 1.165) is 11.3 Å². The second-order valence-electron chi connectivity index (χ2n) is 6.80. The van der Waals surface area contributed by atoms with E-state index in [2.05, 4.69) is 46.6 Å². The molecule has 0 aliphatic heterocycles. The topological polar surface area (TPSA) is 66.9 Å². The van der Waals surface area contributed by atoms with E-state index in [0.29, 0.717) is 24.1 Å². The van der Waals surface area contributed by atoms with E-state index in [1.807, 2.05) is 43.3 Å².